The third-order valence-electron chi connectivity index (χ3n) is 5.61. The predicted molar refractivity (Wildman–Crippen MR) is 121 cm³/mol. The number of rotatable bonds is 5. The molecule has 2 aliphatic heterocycles. The van der Waals surface area contributed by atoms with E-state index in [0.29, 0.717) is 29.3 Å². The molecule has 1 saturated heterocycles. The van der Waals surface area contributed by atoms with E-state index in [4.69, 9.17) is 10.1 Å². The number of carbonyl (C=O) groups excluding carboxylic acids is 3. The maximum atomic E-state index is 13.2. The maximum Gasteiger partial charge on any atom is 0.259 e. The fraction of sp³-hybridized carbons (Fsp3) is 0.304. The topological polar surface area (TPSA) is 135 Å². The van der Waals surface area contributed by atoms with Crippen molar-refractivity contribution in [3.8, 4) is 0 Å². The number of ether oxygens (including phenoxy) is 1. The van der Waals surface area contributed by atoms with Gasteiger partial charge in [-0.2, -0.15) is 0 Å². The van der Waals surface area contributed by atoms with E-state index in [-0.39, 0.29) is 19.1 Å². The highest BCUT2D eigenvalue weighted by atomic mass is 16.5. The molecule has 172 valence electrons. The van der Waals surface area contributed by atoms with Gasteiger partial charge in [0.2, 0.25) is 0 Å². The average molecular weight is 451 g/mol. The second-order valence-electron chi connectivity index (χ2n) is 8.03. The van der Waals surface area contributed by atoms with Crippen molar-refractivity contribution in [2.45, 2.75) is 18.8 Å². The minimum absolute atomic E-state index is 0.0951. The molecule has 0 spiro atoms. The van der Waals surface area contributed by atoms with Crippen LogP contribution in [0, 0.1) is 5.41 Å². The second kappa shape index (κ2) is 9.00. The van der Waals surface area contributed by atoms with E-state index >= 15 is 0 Å². The van der Waals surface area contributed by atoms with Gasteiger partial charge in [-0.15, -0.1) is 0 Å². The number of carbonyl (C=O) groups is 3. The number of nitrogens with one attached hydrogen (secondary N) is 3. The molecule has 3 amide bonds. The molecule has 0 saturated carbocycles. The van der Waals surface area contributed by atoms with Crippen molar-refractivity contribution < 1.29 is 24.2 Å². The summed E-state index contributed by atoms with van der Waals surface area (Å²) in [4.78, 5) is 41.2. The number of nitrogens with zero attached hydrogens (tertiary/aromatic N) is 2. The van der Waals surface area contributed by atoms with Crippen LogP contribution in [-0.2, 0) is 20.9 Å². The van der Waals surface area contributed by atoms with Gasteiger partial charge in [-0.05, 0) is 35.9 Å². The number of para-hydroxylation sites is 1. The molecule has 2 aromatic carbocycles. The number of anilines is 2. The number of aliphatic hydroxyl groups excluding tert-OH is 1. The summed E-state index contributed by atoms with van der Waals surface area (Å²) in [6, 6.07) is 11.8. The Hall–Kier alpha value is -3.76. The number of amidine groups is 1. The van der Waals surface area contributed by atoms with Crippen molar-refractivity contribution in [2.24, 2.45) is 0 Å². The number of hydrogen-bond donors (Lipinski definition) is 4. The van der Waals surface area contributed by atoms with E-state index in [2.05, 4.69) is 10.6 Å². The molecule has 2 aliphatic rings. The van der Waals surface area contributed by atoms with E-state index in [1.165, 1.54) is 9.80 Å². The molecule has 2 atom stereocenters. The smallest absolute Gasteiger partial charge is 0.259 e. The fourth-order valence-corrected chi connectivity index (χ4v) is 3.90. The third kappa shape index (κ3) is 4.30. The molecule has 4 N–H and O–H groups in total. The Bertz CT molecular complexity index is 1130. The van der Waals surface area contributed by atoms with Gasteiger partial charge in [0.15, 0.2) is 12.2 Å². The van der Waals surface area contributed by atoms with Gasteiger partial charge in [-0.3, -0.25) is 19.8 Å². The molecule has 10 nitrogen and oxygen atoms in total. The molecule has 0 aromatic heterocycles. The first-order chi connectivity index (χ1) is 15.8. The highest BCUT2D eigenvalue weighted by Crippen LogP contribution is 2.26. The van der Waals surface area contributed by atoms with Gasteiger partial charge in [0.25, 0.3) is 17.7 Å². The molecule has 0 aliphatic carbocycles. The first-order valence-corrected chi connectivity index (χ1v) is 10.5. The van der Waals surface area contributed by atoms with Crippen molar-refractivity contribution in [1.29, 1.82) is 5.41 Å². The molecule has 2 heterocycles. The van der Waals surface area contributed by atoms with E-state index in [1.54, 1.807) is 56.6 Å². The zero-order chi connectivity index (χ0) is 23.7. The van der Waals surface area contributed by atoms with Gasteiger partial charge in [0.05, 0.1) is 17.9 Å². The minimum Gasteiger partial charge on any atom is -0.380 e. The molecule has 0 bridgehead atoms. The van der Waals surface area contributed by atoms with Crippen molar-refractivity contribution in [1.82, 2.24) is 10.2 Å². The molecule has 1 unspecified atom stereocenters. The number of fused-ring (bicyclic) bond motifs is 1. The summed E-state index contributed by atoms with van der Waals surface area (Å²) in [5, 5.41) is 23.9. The van der Waals surface area contributed by atoms with Crippen LogP contribution >= 0.6 is 0 Å². The lowest BCUT2D eigenvalue weighted by Gasteiger charge is -2.35. The monoisotopic (exact) mass is 451 g/mol. The predicted octanol–water partition coefficient (Wildman–Crippen LogP) is 0.548. The first kappa shape index (κ1) is 22.4. The van der Waals surface area contributed by atoms with Crippen molar-refractivity contribution in [3.05, 3.63) is 59.2 Å². The zero-order valence-corrected chi connectivity index (χ0v) is 18.3. The van der Waals surface area contributed by atoms with Gasteiger partial charge in [0, 0.05) is 38.4 Å². The highest BCUT2D eigenvalue weighted by Gasteiger charge is 2.40. The van der Waals surface area contributed by atoms with E-state index < -0.39 is 24.0 Å². The van der Waals surface area contributed by atoms with Gasteiger partial charge in [-0.25, -0.2) is 0 Å². The molecule has 0 radical (unpaired) electrons. The van der Waals surface area contributed by atoms with E-state index in [1.807, 2.05) is 0 Å². The maximum absolute atomic E-state index is 13.2. The number of benzene rings is 2. The summed E-state index contributed by atoms with van der Waals surface area (Å²) in [5.41, 5.74) is 2.78. The second-order valence-corrected chi connectivity index (χ2v) is 8.03. The molecule has 4 rings (SSSR count). The third-order valence-corrected chi connectivity index (χ3v) is 5.61. The minimum atomic E-state index is -1.75. The highest BCUT2D eigenvalue weighted by molar-refractivity contribution is 6.08. The van der Waals surface area contributed by atoms with Crippen LogP contribution in [0.4, 0.5) is 11.4 Å². The van der Waals surface area contributed by atoms with Crippen LogP contribution < -0.4 is 15.5 Å². The van der Waals surface area contributed by atoms with Crippen LogP contribution in [0.5, 0.6) is 0 Å². The van der Waals surface area contributed by atoms with Crippen LogP contribution in [0.3, 0.4) is 0 Å². The molecule has 1 fully saturated rings. The zero-order valence-electron chi connectivity index (χ0n) is 18.3. The summed E-state index contributed by atoms with van der Waals surface area (Å²) >= 11 is 0. The number of morpholine rings is 1. The van der Waals surface area contributed by atoms with Gasteiger partial charge < -0.3 is 30.3 Å². The Morgan fingerprint density at radius 2 is 2.03 bits per heavy atom. The molecular weight excluding hydrogens is 426 g/mol. The van der Waals surface area contributed by atoms with Crippen LogP contribution in [0.1, 0.15) is 21.5 Å². The Morgan fingerprint density at radius 1 is 1.27 bits per heavy atom. The first-order valence-electron chi connectivity index (χ1n) is 10.5. The standard InChI is InChI=1S/C23H25N5O5/c1-27(2)22(31)16-5-3-4-6-17(16)28-9-10-33-19(23(28)32)18(29)21(30)26-14-7-8-15-13(11-14)12-25-20(15)24/h3-8,11,18-19,29H,9-10,12H2,1-2H3,(H2,24,25)(H,26,30)/t18?,19-/m1/s1. The van der Waals surface area contributed by atoms with Crippen molar-refractivity contribution in [2.75, 3.05) is 37.5 Å². The Morgan fingerprint density at radius 3 is 2.79 bits per heavy atom. The average Bonchev–Trinajstić information content (AvgIpc) is 3.18. The van der Waals surface area contributed by atoms with Crippen molar-refractivity contribution >= 4 is 34.9 Å². The quantitative estimate of drug-likeness (QED) is 0.524. The lowest BCUT2D eigenvalue weighted by molar-refractivity contribution is -0.150. The van der Waals surface area contributed by atoms with E-state index in [0.717, 1.165) is 11.1 Å². The van der Waals surface area contributed by atoms with Crippen LogP contribution in [0.25, 0.3) is 0 Å². The van der Waals surface area contributed by atoms with Gasteiger partial charge in [0.1, 0.15) is 5.84 Å². The van der Waals surface area contributed by atoms with Gasteiger partial charge >= 0.3 is 0 Å². The largest absolute Gasteiger partial charge is 0.380 e. The summed E-state index contributed by atoms with van der Waals surface area (Å²) in [6.45, 7) is 0.758. The number of aliphatic hydroxyl groups is 1. The molecule has 2 aromatic rings. The van der Waals surface area contributed by atoms with E-state index in [9.17, 15) is 19.5 Å². The Kier molecular flexibility index (Phi) is 6.12. The summed E-state index contributed by atoms with van der Waals surface area (Å²) < 4.78 is 5.46. The normalized spacial score (nSPS) is 18.4. The van der Waals surface area contributed by atoms with Crippen LogP contribution in [0.15, 0.2) is 42.5 Å². The lowest BCUT2D eigenvalue weighted by Crippen LogP contribution is -2.55. The Balaban J connectivity index is 1.51. The molecular formula is C23H25N5O5. The van der Waals surface area contributed by atoms with Crippen LogP contribution in [0.2, 0.25) is 0 Å². The van der Waals surface area contributed by atoms with Crippen molar-refractivity contribution in [3.63, 3.8) is 0 Å². The summed E-state index contributed by atoms with van der Waals surface area (Å²) in [7, 11) is 3.24. The SMILES string of the molecule is CN(C)C(=O)c1ccccc1N1CCO[C@H](C(O)C(=O)Nc2ccc3c(c2)CNC3=N)C1=O. The van der Waals surface area contributed by atoms with Crippen LogP contribution in [-0.4, -0.2) is 73.0 Å². The number of amides is 3. The van der Waals surface area contributed by atoms with Gasteiger partial charge in [-0.1, -0.05) is 12.1 Å². The number of hydrogen-bond acceptors (Lipinski definition) is 6. The summed E-state index contributed by atoms with van der Waals surface area (Å²) in [6.07, 6.45) is -3.16. The molecule has 33 heavy (non-hydrogen) atoms. The summed E-state index contributed by atoms with van der Waals surface area (Å²) in [5.74, 6) is -1.33. The molecule has 10 heteroatoms. The lowest BCUT2D eigenvalue weighted by atomic mass is 10.1. The fourth-order valence-electron chi connectivity index (χ4n) is 3.90. The Labute approximate surface area is 190 Å².